The van der Waals surface area contributed by atoms with E-state index in [1.54, 1.807) is 6.92 Å². The van der Waals surface area contributed by atoms with E-state index in [4.69, 9.17) is 20.7 Å². The molecule has 9 nitrogen and oxygen atoms in total. The summed E-state index contributed by atoms with van der Waals surface area (Å²) < 4.78 is 56.2. The number of benzene rings is 2. The third kappa shape index (κ3) is 6.47. The number of rotatable bonds is 8. The topological polar surface area (TPSA) is 158 Å². The van der Waals surface area contributed by atoms with Gasteiger partial charge < -0.3 is 15.6 Å². The molecule has 0 aliphatic carbocycles. The van der Waals surface area contributed by atoms with Gasteiger partial charge >= 0.3 is 5.97 Å². The van der Waals surface area contributed by atoms with Crippen LogP contribution in [0.15, 0.2) is 63.3 Å². The molecule has 5 N–H and O–H groups in total. The maximum Gasteiger partial charge on any atom is 0.355 e. The number of nitrogens with two attached hydrogens (primary N) is 2. The number of carboxylic acids is 1. The number of thiazole rings is 1. The van der Waals surface area contributed by atoms with Gasteiger partial charge in [-0.1, -0.05) is 12.1 Å². The summed E-state index contributed by atoms with van der Waals surface area (Å²) in [4.78, 5) is 19.3. The molecule has 0 aliphatic heterocycles. The molecule has 3 rings (SSSR count). The van der Waals surface area contributed by atoms with Crippen LogP contribution in [0.3, 0.4) is 0 Å². The molecule has 1 aromatic heterocycles. The number of aromatic carboxylic acids is 1. The predicted molar refractivity (Wildman–Crippen MR) is 127 cm³/mol. The van der Waals surface area contributed by atoms with E-state index in [0.717, 1.165) is 23.5 Å². The maximum absolute atomic E-state index is 13.9. The Morgan fingerprint density at radius 3 is 2.40 bits per heavy atom. The van der Waals surface area contributed by atoms with E-state index < -0.39 is 27.6 Å². The highest BCUT2D eigenvalue weighted by Crippen LogP contribution is 2.26. The van der Waals surface area contributed by atoms with Crippen LogP contribution in [0.25, 0.3) is 5.70 Å². The average Bonchev–Trinajstić information content (AvgIpc) is 3.27. The van der Waals surface area contributed by atoms with Crippen LogP contribution in [-0.4, -0.2) is 37.0 Å². The molecule has 0 saturated heterocycles. The molecule has 0 amide bonds. The maximum atomic E-state index is 13.9. The fourth-order valence-corrected chi connectivity index (χ4v) is 4.12. The van der Waals surface area contributed by atoms with Crippen LogP contribution < -0.4 is 10.9 Å². The number of primary sulfonamides is 1. The molecule has 0 aliphatic rings. The first-order chi connectivity index (χ1) is 16.5. The summed E-state index contributed by atoms with van der Waals surface area (Å²) in [6.45, 7) is 1.83. The van der Waals surface area contributed by atoms with E-state index >= 15 is 0 Å². The van der Waals surface area contributed by atoms with E-state index in [2.05, 4.69) is 9.98 Å². The molecule has 0 radical (unpaired) electrons. The Morgan fingerprint density at radius 1 is 1.17 bits per heavy atom. The summed E-state index contributed by atoms with van der Waals surface area (Å²) in [5, 5.41) is 15.6. The van der Waals surface area contributed by atoms with Gasteiger partial charge in [0, 0.05) is 28.6 Å². The molecule has 2 aromatic carbocycles. The van der Waals surface area contributed by atoms with Gasteiger partial charge in [-0.05, 0) is 42.8 Å². The van der Waals surface area contributed by atoms with Crippen molar-refractivity contribution in [3.63, 3.8) is 0 Å². The summed E-state index contributed by atoms with van der Waals surface area (Å²) in [5.74, 6) is -3.41. The molecule has 0 atom stereocenters. The van der Waals surface area contributed by atoms with Gasteiger partial charge in [-0.3, -0.25) is 0 Å². The lowest BCUT2D eigenvalue weighted by Crippen LogP contribution is -2.16. The SMILES string of the molecule is CCOC(=Nc1nc(C(=O)O)cs1)C(Cc1ccc(S(N)(=O)=O)cc1)=C(N)c1ccc(F)c(F)c1. The highest BCUT2D eigenvalue weighted by molar-refractivity contribution is 7.89. The molecule has 0 saturated carbocycles. The van der Waals surface area contributed by atoms with Crippen molar-refractivity contribution in [1.29, 1.82) is 0 Å². The van der Waals surface area contributed by atoms with Crippen LogP contribution >= 0.6 is 11.3 Å². The number of hydrogen-bond acceptors (Lipinski definition) is 8. The molecule has 1 heterocycles. The molecule has 0 spiro atoms. The second kappa shape index (κ2) is 10.7. The number of nitrogens with zero attached hydrogens (tertiary/aromatic N) is 2. The third-order valence-electron chi connectivity index (χ3n) is 4.64. The van der Waals surface area contributed by atoms with Crippen LogP contribution in [0.2, 0.25) is 0 Å². The van der Waals surface area contributed by atoms with Gasteiger partial charge in [0.25, 0.3) is 0 Å². The number of sulfonamides is 1. The van der Waals surface area contributed by atoms with Crippen LogP contribution in [0.4, 0.5) is 13.9 Å². The fraction of sp³-hybridized carbons (Fsp3) is 0.136. The van der Waals surface area contributed by atoms with E-state index in [-0.39, 0.29) is 51.5 Å². The zero-order chi connectivity index (χ0) is 25.8. The second-order valence-electron chi connectivity index (χ2n) is 7.06. The molecule has 0 bridgehead atoms. The number of hydrogen-bond donors (Lipinski definition) is 3. The first-order valence-electron chi connectivity index (χ1n) is 9.96. The smallest absolute Gasteiger partial charge is 0.355 e. The van der Waals surface area contributed by atoms with E-state index in [0.29, 0.717) is 5.56 Å². The zero-order valence-electron chi connectivity index (χ0n) is 18.2. The Balaban J connectivity index is 2.15. The summed E-state index contributed by atoms with van der Waals surface area (Å²) in [5.41, 5.74) is 7.14. The Morgan fingerprint density at radius 2 is 1.86 bits per heavy atom. The van der Waals surface area contributed by atoms with Crippen molar-refractivity contribution in [3.8, 4) is 0 Å². The first kappa shape index (κ1) is 25.9. The predicted octanol–water partition coefficient (Wildman–Crippen LogP) is 3.45. The van der Waals surface area contributed by atoms with Crippen molar-refractivity contribution in [2.75, 3.05) is 6.61 Å². The van der Waals surface area contributed by atoms with Crippen molar-refractivity contribution in [3.05, 3.63) is 81.9 Å². The van der Waals surface area contributed by atoms with Crippen LogP contribution in [0.5, 0.6) is 0 Å². The molecule has 13 heteroatoms. The minimum atomic E-state index is -3.90. The second-order valence-corrected chi connectivity index (χ2v) is 9.46. The lowest BCUT2D eigenvalue weighted by atomic mass is 9.99. The molecule has 184 valence electrons. The Kier molecular flexibility index (Phi) is 7.94. The van der Waals surface area contributed by atoms with Crippen molar-refractivity contribution in [2.45, 2.75) is 18.2 Å². The normalized spacial score (nSPS) is 12.9. The van der Waals surface area contributed by atoms with Gasteiger partial charge in [-0.25, -0.2) is 32.1 Å². The summed E-state index contributed by atoms with van der Waals surface area (Å²) in [6.07, 6.45) is 0.0473. The monoisotopic (exact) mass is 522 g/mol. The Hall–Kier alpha value is -3.68. The molecular weight excluding hydrogens is 502 g/mol. The number of carboxylic acid groups (broad SMARTS) is 1. The molecule has 0 unspecified atom stereocenters. The Bertz CT molecular complexity index is 1420. The van der Waals surface area contributed by atoms with Gasteiger partial charge in [0.15, 0.2) is 17.3 Å². The molecule has 35 heavy (non-hydrogen) atoms. The number of ether oxygens (including phenoxy) is 1. The third-order valence-corrected chi connectivity index (χ3v) is 6.30. The van der Waals surface area contributed by atoms with Crippen LogP contribution in [0.1, 0.15) is 28.5 Å². The first-order valence-corrected chi connectivity index (χ1v) is 12.4. The quantitative estimate of drug-likeness (QED) is 0.302. The van der Waals surface area contributed by atoms with Gasteiger partial charge in [0.1, 0.15) is 0 Å². The van der Waals surface area contributed by atoms with Gasteiger partial charge in [0.05, 0.1) is 11.5 Å². The van der Waals surface area contributed by atoms with Gasteiger partial charge in [-0.2, -0.15) is 4.99 Å². The lowest BCUT2D eigenvalue weighted by Gasteiger charge is -2.16. The standard InChI is InChI=1S/C22H20F2N4O5S2/c1-2-33-20(28-22-27-18(11-34-22)21(29)30)15(19(25)13-5-8-16(23)17(24)10-13)9-12-3-6-14(7-4-12)35(26,31)32/h3-8,10-11H,2,9,25H2,1H3,(H,29,30)(H2,26,31,32). The fourth-order valence-electron chi connectivity index (χ4n) is 2.95. The minimum Gasteiger partial charge on any atom is -0.478 e. The Labute approximate surface area is 203 Å². The van der Waals surface area contributed by atoms with Crippen LogP contribution in [0, 0.1) is 11.6 Å². The number of aliphatic imine (C=N–C) groups is 1. The molecule has 0 fully saturated rings. The summed E-state index contributed by atoms with van der Waals surface area (Å²) in [6, 6.07) is 8.77. The van der Waals surface area contributed by atoms with Crippen molar-refractivity contribution < 1.29 is 31.8 Å². The number of halogens is 2. The zero-order valence-corrected chi connectivity index (χ0v) is 19.9. The summed E-state index contributed by atoms with van der Waals surface area (Å²) >= 11 is 0.959. The van der Waals surface area contributed by atoms with Crippen molar-refractivity contribution in [1.82, 2.24) is 4.98 Å². The van der Waals surface area contributed by atoms with E-state index in [1.165, 1.54) is 35.7 Å². The van der Waals surface area contributed by atoms with E-state index in [1.807, 2.05) is 0 Å². The van der Waals surface area contributed by atoms with Crippen molar-refractivity contribution >= 4 is 44.1 Å². The lowest BCUT2D eigenvalue weighted by molar-refractivity contribution is 0.0691. The van der Waals surface area contributed by atoms with Gasteiger partial charge in [-0.15, -0.1) is 11.3 Å². The molecule has 3 aromatic rings. The highest BCUT2D eigenvalue weighted by Gasteiger charge is 2.19. The number of aromatic nitrogens is 1. The van der Waals surface area contributed by atoms with Crippen molar-refractivity contribution in [2.24, 2.45) is 15.9 Å². The largest absolute Gasteiger partial charge is 0.478 e. The highest BCUT2D eigenvalue weighted by atomic mass is 32.2. The van der Waals surface area contributed by atoms with Crippen LogP contribution in [-0.2, 0) is 21.2 Å². The average molecular weight is 523 g/mol. The minimum absolute atomic E-state index is 0.0154. The summed E-state index contributed by atoms with van der Waals surface area (Å²) in [7, 11) is -3.90. The van der Waals surface area contributed by atoms with E-state index in [9.17, 15) is 22.0 Å². The molecular formula is C22H20F2N4O5S2. The van der Waals surface area contributed by atoms with Gasteiger partial charge in [0.2, 0.25) is 21.1 Å². The number of carbonyl (C=O) groups is 1.